The quantitative estimate of drug-likeness (QED) is 0.0379. The Balaban J connectivity index is 1.34. The lowest BCUT2D eigenvalue weighted by Gasteiger charge is -2.63. The van der Waals surface area contributed by atoms with E-state index in [0.29, 0.717) is 45.1 Å². The van der Waals surface area contributed by atoms with Crippen LogP contribution in [-0.2, 0) is 37.2 Å². The first kappa shape index (κ1) is 44.2. The van der Waals surface area contributed by atoms with Crippen LogP contribution in [0.3, 0.4) is 0 Å². The van der Waals surface area contributed by atoms with E-state index in [9.17, 15) is 0 Å². The molecule has 0 amide bonds. The van der Waals surface area contributed by atoms with Crippen molar-refractivity contribution in [2.45, 2.75) is 108 Å². The molecule has 328 valence electrons. The van der Waals surface area contributed by atoms with Crippen LogP contribution >= 0.6 is 17.2 Å². The Hall–Kier alpha value is -3.38. The zero-order valence-electron chi connectivity index (χ0n) is 35.2. The van der Waals surface area contributed by atoms with Gasteiger partial charge in [-0.3, -0.25) is 13.6 Å². The number of unbranched alkanes of at least 4 members (excludes halogenated alkanes) is 4. The average Bonchev–Trinajstić information content (AvgIpc) is 3.78. The molecule has 14 heteroatoms. The predicted octanol–water partition coefficient (Wildman–Crippen LogP) is 12.6. The lowest BCUT2D eigenvalue weighted by Crippen LogP contribution is -2.73. The zero-order chi connectivity index (χ0) is 41.9. The first-order chi connectivity index (χ1) is 30.0. The monoisotopic (exact) mass is 876 g/mol. The lowest BCUT2D eigenvalue weighted by molar-refractivity contribution is -0.538. The van der Waals surface area contributed by atoms with Gasteiger partial charge >= 0.3 is 23.2 Å². The largest absolute Gasteiger partial charge is 0.494 e. The van der Waals surface area contributed by atoms with Crippen molar-refractivity contribution in [3.63, 3.8) is 0 Å². The van der Waals surface area contributed by atoms with Gasteiger partial charge in [0.25, 0.3) is 0 Å². The summed E-state index contributed by atoms with van der Waals surface area (Å²) in [5.74, 6) is -0.303. The number of ether oxygens (including phenoxy) is 4. The van der Waals surface area contributed by atoms with Gasteiger partial charge in [0.15, 0.2) is 5.60 Å². The van der Waals surface area contributed by atoms with Gasteiger partial charge < -0.3 is 18.9 Å². The van der Waals surface area contributed by atoms with E-state index in [1.807, 2.05) is 121 Å². The second-order valence-electron chi connectivity index (χ2n) is 16.0. The molecule has 4 aromatic carbocycles. The SMILES string of the molecule is CCCCCC12OOP(OO1)OC13OP(O1)OC3(CCOc1ccccc1)C(CCOc1ccccc1)(CCOc1ccccc1)C2(CCCCC)CCOc1ccccc1. The minimum absolute atomic E-state index is 0.238. The summed E-state index contributed by atoms with van der Waals surface area (Å²) >= 11 is 0. The molecule has 4 bridgehead atoms. The van der Waals surface area contributed by atoms with Gasteiger partial charge in [-0.25, -0.2) is 4.52 Å². The average molecular weight is 877 g/mol. The van der Waals surface area contributed by atoms with Gasteiger partial charge in [-0.2, -0.15) is 9.78 Å². The highest BCUT2D eigenvalue weighted by atomic mass is 31.2. The molecular weight excluding hydrogens is 818 g/mol. The zero-order valence-corrected chi connectivity index (χ0v) is 36.9. The van der Waals surface area contributed by atoms with Crippen molar-refractivity contribution in [3.05, 3.63) is 121 Å². The van der Waals surface area contributed by atoms with Gasteiger partial charge in [0.1, 0.15) is 23.0 Å². The van der Waals surface area contributed by atoms with Crippen LogP contribution in [0.5, 0.6) is 23.0 Å². The van der Waals surface area contributed by atoms with Crippen molar-refractivity contribution in [2.75, 3.05) is 26.4 Å². The molecule has 0 saturated carbocycles. The molecule has 6 fully saturated rings. The smallest absolute Gasteiger partial charge is 0.396 e. The summed E-state index contributed by atoms with van der Waals surface area (Å²) in [6.07, 6.45) is 8.01. The third-order valence-electron chi connectivity index (χ3n) is 12.6. The number of para-hydroxylation sites is 4. The Bertz CT molecular complexity index is 1850. The van der Waals surface area contributed by atoms with Crippen LogP contribution in [-0.4, -0.2) is 43.8 Å². The van der Waals surface area contributed by atoms with Crippen LogP contribution < -0.4 is 18.9 Å². The fourth-order valence-electron chi connectivity index (χ4n) is 9.75. The van der Waals surface area contributed by atoms with Crippen LogP contribution in [0.1, 0.15) is 90.9 Å². The first-order valence-electron chi connectivity index (χ1n) is 21.8. The number of rotatable bonds is 24. The molecule has 0 aliphatic carbocycles. The van der Waals surface area contributed by atoms with Gasteiger partial charge in [-0.15, -0.1) is 9.35 Å². The Kier molecular flexibility index (Phi) is 14.8. The van der Waals surface area contributed by atoms with E-state index in [1.54, 1.807) is 0 Å². The fourth-order valence-corrected chi connectivity index (χ4v) is 12.2. The number of hydrogen-bond acceptors (Lipinski definition) is 12. The Morgan fingerprint density at radius 2 is 0.803 bits per heavy atom. The number of fused-ring (bicyclic) bond motifs is 3. The van der Waals surface area contributed by atoms with Crippen molar-refractivity contribution in [2.24, 2.45) is 10.8 Å². The van der Waals surface area contributed by atoms with Crippen LogP contribution in [0.4, 0.5) is 0 Å². The van der Waals surface area contributed by atoms with E-state index in [0.717, 1.165) is 61.5 Å². The molecule has 6 saturated heterocycles. The Morgan fingerprint density at radius 1 is 0.410 bits per heavy atom. The van der Waals surface area contributed by atoms with Crippen molar-refractivity contribution < 1.29 is 56.2 Å². The molecule has 2 atom stereocenters. The summed E-state index contributed by atoms with van der Waals surface area (Å²) < 4.78 is 66.5. The van der Waals surface area contributed by atoms with Crippen molar-refractivity contribution in [3.8, 4) is 23.0 Å². The van der Waals surface area contributed by atoms with E-state index >= 15 is 0 Å². The summed E-state index contributed by atoms with van der Waals surface area (Å²) in [6.45, 7) is 5.49. The second kappa shape index (κ2) is 20.4. The molecule has 6 aliphatic rings. The lowest BCUT2D eigenvalue weighted by atomic mass is 9.45. The highest BCUT2D eigenvalue weighted by Crippen LogP contribution is 2.84. The van der Waals surface area contributed by atoms with Crippen LogP contribution in [0, 0.1) is 10.8 Å². The van der Waals surface area contributed by atoms with Crippen LogP contribution in [0.15, 0.2) is 121 Å². The van der Waals surface area contributed by atoms with Crippen molar-refractivity contribution in [1.29, 1.82) is 0 Å². The highest BCUT2D eigenvalue weighted by molar-refractivity contribution is 7.44. The van der Waals surface area contributed by atoms with Gasteiger partial charge in [-0.1, -0.05) is 119 Å². The summed E-state index contributed by atoms with van der Waals surface area (Å²) in [5, 5.41) is 0. The second-order valence-corrected chi connectivity index (χ2v) is 17.9. The molecule has 0 N–H and O–H groups in total. The number of benzene rings is 4. The van der Waals surface area contributed by atoms with Crippen molar-refractivity contribution in [1.82, 2.24) is 0 Å². The standard InChI is InChI=1S/C47H58O12P2/c1-3-5-19-29-44(33-37-50-41-25-15-9-16-26-41)43(31-35-48-39-21-11-7-12-22-39,32-36-49-40-23-13-8-14-24-40)45(34-38-51-42-27-17-10-18-28-42)47(55-60(54-45)56-47)57-61-58-52-46(44,53-59-61)30-20-6-4-2/h7-18,21-28H,3-6,19-20,29-38H2,1-2H3. The van der Waals surface area contributed by atoms with Gasteiger partial charge in [0.05, 0.1) is 26.4 Å². The van der Waals surface area contributed by atoms with E-state index < -0.39 is 45.4 Å². The van der Waals surface area contributed by atoms with Gasteiger partial charge in [0.2, 0.25) is 5.79 Å². The van der Waals surface area contributed by atoms with E-state index in [2.05, 4.69) is 13.8 Å². The molecule has 4 aromatic rings. The van der Waals surface area contributed by atoms with Crippen molar-refractivity contribution >= 4 is 17.2 Å². The molecule has 10 rings (SSSR count). The Morgan fingerprint density at radius 3 is 1.25 bits per heavy atom. The fraction of sp³-hybridized carbons (Fsp3) is 0.489. The summed E-state index contributed by atoms with van der Waals surface area (Å²) in [6, 6.07) is 39.3. The van der Waals surface area contributed by atoms with Crippen LogP contribution in [0.25, 0.3) is 0 Å². The molecule has 1 spiro atoms. The molecular formula is C47H58O12P2. The van der Waals surface area contributed by atoms with Gasteiger partial charge in [0, 0.05) is 23.7 Å². The molecule has 0 radical (unpaired) electrons. The molecule has 2 unspecified atom stereocenters. The molecule has 0 aromatic heterocycles. The molecule has 12 nitrogen and oxygen atoms in total. The molecule has 6 heterocycles. The normalized spacial score (nSPS) is 28.4. The minimum Gasteiger partial charge on any atom is -0.494 e. The van der Waals surface area contributed by atoms with Crippen LogP contribution in [0.2, 0.25) is 0 Å². The maximum atomic E-state index is 7.34. The third kappa shape index (κ3) is 9.05. The number of hydrogen-bond donors (Lipinski definition) is 0. The summed E-state index contributed by atoms with van der Waals surface area (Å²) in [7, 11) is -4.12. The Labute approximate surface area is 362 Å². The van der Waals surface area contributed by atoms with Gasteiger partial charge in [-0.05, 0) is 80.6 Å². The summed E-state index contributed by atoms with van der Waals surface area (Å²) in [4.78, 5) is 13.6. The highest BCUT2D eigenvalue weighted by Gasteiger charge is 2.88. The molecule has 6 aliphatic heterocycles. The first-order valence-corrected chi connectivity index (χ1v) is 24.0. The third-order valence-corrected chi connectivity index (χ3v) is 14.6. The summed E-state index contributed by atoms with van der Waals surface area (Å²) in [5.41, 5.74) is -3.48. The maximum absolute atomic E-state index is 7.34. The predicted molar refractivity (Wildman–Crippen MR) is 230 cm³/mol. The maximum Gasteiger partial charge on any atom is 0.396 e. The van der Waals surface area contributed by atoms with E-state index in [-0.39, 0.29) is 19.8 Å². The topological polar surface area (TPSA) is 111 Å². The van der Waals surface area contributed by atoms with E-state index in [4.69, 9.17) is 56.2 Å². The van der Waals surface area contributed by atoms with E-state index in [1.165, 1.54) is 0 Å². The molecule has 61 heavy (non-hydrogen) atoms. The minimum atomic E-state index is -2.29.